The van der Waals surface area contributed by atoms with Crippen LogP contribution in [0.25, 0.3) is 0 Å². The molecule has 0 unspecified atom stereocenters. The van der Waals surface area contributed by atoms with E-state index in [0.717, 1.165) is 77.9 Å². The summed E-state index contributed by atoms with van der Waals surface area (Å²) in [7, 11) is 0. The number of hydrogen-bond donors (Lipinski definition) is 1. The van der Waals surface area contributed by atoms with Crippen LogP contribution in [0, 0.1) is 0 Å². The fourth-order valence-electron chi connectivity index (χ4n) is 2.98. The van der Waals surface area contributed by atoms with Gasteiger partial charge >= 0.3 is 0 Å². The molecule has 0 aliphatic carbocycles. The first-order chi connectivity index (χ1) is 10.9. The molecule has 1 aromatic carbocycles. The minimum atomic E-state index is 0.765. The van der Waals surface area contributed by atoms with Gasteiger partial charge in [0.2, 0.25) is 0 Å². The van der Waals surface area contributed by atoms with Crippen LogP contribution in [0.4, 0.5) is 0 Å². The molecule has 2 aliphatic heterocycles. The van der Waals surface area contributed by atoms with Gasteiger partial charge in [-0.2, -0.15) is 0 Å². The molecule has 3 rings (SSSR count). The molecule has 5 nitrogen and oxygen atoms in total. The van der Waals surface area contributed by atoms with Crippen LogP contribution >= 0.6 is 0 Å². The summed E-state index contributed by atoms with van der Waals surface area (Å²) in [5, 5.41) is 3.37. The number of hydrogen-bond acceptors (Lipinski definition) is 5. The van der Waals surface area contributed by atoms with Gasteiger partial charge in [-0.25, -0.2) is 0 Å². The van der Waals surface area contributed by atoms with E-state index < -0.39 is 0 Å². The highest BCUT2D eigenvalue weighted by molar-refractivity contribution is 5.28. The first-order valence-electron chi connectivity index (χ1n) is 8.35. The van der Waals surface area contributed by atoms with Crippen molar-refractivity contribution in [3.05, 3.63) is 29.8 Å². The summed E-state index contributed by atoms with van der Waals surface area (Å²) in [5.41, 5.74) is 1.32. The third kappa shape index (κ3) is 4.95. The molecule has 2 heterocycles. The van der Waals surface area contributed by atoms with E-state index in [9.17, 15) is 0 Å². The van der Waals surface area contributed by atoms with Gasteiger partial charge in [-0.1, -0.05) is 12.1 Å². The molecular weight excluding hydrogens is 278 g/mol. The molecule has 22 heavy (non-hydrogen) atoms. The average molecular weight is 305 g/mol. The highest BCUT2D eigenvalue weighted by Gasteiger charge is 2.11. The molecule has 2 aliphatic rings. The van der Waals surface area contributed by atoms with Crippen LogP contribution in [0.15, 0.2) is 24.3 Å². The molecule has 1 aromatic rings. The van der Waals surface area contributed by atoms with E-state index in [-0.39, 0.29) is 0 Å². The summed E-state index contributed by atoms with van der Waals surface area (Å²) in [5.74, 6) is 0.987. The lowest BCUT2D eigenvalue weighted by atomic mass is 10.2. The topological polar surface area (TPSA) is 37.0 Å². The van der Waals surface area contributed by atoms with Crippen molar-refractivity contribution in [3.8, 4) is 5.75 Å². The van der Waals surface area contributed by atoms with Gasteiger partial charge in [0.05, 0.1) is 13.2 Å². The molecule has 0 radical (unpaired) electrons. The number of nitrogens with zero attached hydrogens (tertiary/aromatic N) is 2. The SMILES string of the molecule is c1cc(CN2CCOCC2)cc(OCCN2CCNCC2)c1. The largest absolute Gasteiger partial charge is 0.492 e. The summed E-state index contributed by atoms with van der Waals surface area (Å²) in [6, 6.07) is 8.50. The monoisotopic (exact) mass is 305 g/mol. The van der Waals surface area contributed by atoms with Gasteiger partial charge in [-0.05, 0) is 17.7 Å². The first kappa shape index (κ1) is 15.7. The zero-order valence-electron chi connectivity index (χ0n) is 13.3. The molecule has 0 aromatic heterocycles. The number of morpholine rings is 1. The fourth-order valence-corrected chi connectivity index (χ4v) is 2.98. The minimum absolute atomic E-state index is 0.765. The van der Waals surface area contributed by atoms with Crippen LogP contribution in [0.5, 0.6) is 5.75 Å². The van der Waals surface area contributed by atoms with Crippen LogP contribution in [0.2, 0.25) is 0 Å². The highest BCUT2D eigenvalue weighted by atomic mass is 16.5. The molecule has 2 saturated heterocycles. The van der Waals surface area contributed by atoms with Crippen molar-refractivity contribution in [2.24, 2.45) is 0 Å². The van der Waals surface area contributed by atoms with Crippen molar-refractivity contribution >= 4 is 0 Å². The molecule has 5 heteroatoms. The summed E-state index contributed by atoms with van der Waals surface area (Å²) in [4.78, 5) is 4.89. The third-order valence-electron chi connectivity index (χ3n) is 4.29. The molecular formula is C17H27N3O2. The predicted molar refractivity (Wildman–Crippen MR) is 87.3 cm³/mol. The lowest BCUT2D eigenvalue weighted by molar-refractivity contribution is 0.0341. The Labute approximate surface area is 133 Å². The van der Waals surface area contributed by atoms with E-state index in [0.29, 0.717) is 0 Å². The Morgan fingerprint density at radius 1 is 1.05 bits per heavy atom. The minimum Gasteiger partial charge on any atom is -0.492 e. The smallest absolute Gasteiger partial charge is 0.119 e. The molecule has 0 spiro atoms. The summed E-state index contributed by atoms with van der Waals surface area (Å²) < 4.78 is 11.3. The molecule has 0 amide bonds. The molecule has 2 fully saturated rings. The Morgan fingerprint density at radius 3 is 2.68 bits per heavy atom. The predicted octanol–water partition coefficient (Wildman–Crippen LogP) is 0.803. The van der Waals surface area contributed by atoms with Gasteiger partial charge in [0.15, 0.2) is 0 Å². The summed E-state index contributed by atoms with van der Waals surface area (Å²) >= 11 is 0. The second-order valence-corrected chi connectivity index (χ2v) is 5.98. The van der Waals surface area contributed by atoms with E-state index in [1.165, 1.54) is 5.56 Å². The van der Waals surface area contributed by atoms with Gasteiger partial charge in [0, 0.05) is 52.4 Å². The Balaban J connectivity index is 1.43. The van der Waals surface area contributed by atoms with Crippen LogP contribution in [-0.2, 0) is 11.3 Å². The van der Waals surface area contributed by atoms with Gasteiger partial charge in [-0.3, -0.25) is 9.80 Å². The fraction of sp³-hybridized carbons (Fsp3) is 0.647. The maximum Gasteiger partial charge on any atom is 0.119 e. The van der Waals surface area contributed by atoms with E-state index in [4.69, 9.17) is 9.47 Å². The third-order valence-corrected chi connectivity index (χ3v) is 4.29. The lowest BCUT2D eigenvalue weighted by Crippen LogP contribution is -2.44. The Morgan fingerprint density at radius 2 is 1.86 bits per heavy atom. The number of nitrogens with one attached hydrogen (secondary N) is 1. The number of rotatable bonds is 6. The van der Waals surface area contributed by atoms with E-state index in [2.05, 4.69) is 39.4 Å². The maximum absolute atomic E-state index is 5.93. The molecule has 1 N–H and O–H groups in total. The van der Waals surface area contributed by atoms with Crippen LogP contribution < -0.4 is 10.1 Å². The Kier molecular flexibility index (Phi) is 6.07. The number of benzene rings is 1. The molecule has 0 atom stereocenters. The zero-order valence-corrected chi connectivity index (χ0v) is 13.3. The van der Waals surface area contributed by atoms with Crippen molar-refractivity contribution < 1.29 is 9.47 Å². The second kappa shape index (κ2) is 8.48. The van der Waals surface area contributed by atoms with Crippen LogP contribution in [0.1, 0.15) is 5.56 Å². The van der Waals surface area contributed by atoms with Gasteiger partial charge in [0.1, 0.15) is 12.4 Å². The van der Waals surface area contributed by atoms with Crippen molar-refractivity contribution in [2.45, 2.75) is 6.54 Å². The van der Waals surface area contributed by atoms with Crippen molar-refractivity contribution in [3.63, 3.8) is 0 Å². The van der Waals surface area contributed by atoms with Gasteiger partial charge in [0.25, 0.3) is 0 Å². The quantitative estimate of drug-likeness (QED) is 0.841. The molecule has 0 saturated carbocycles. The van der Waals surface area contributed by atoms with Crippen LogP contribution in [0.3, 0.4) is 0 Å². The normalized spacial score (nSPS) is 20.9. The number of ether oxygens (including phenoxy) is 2. The van der Waals surface area contributed by atoms with Gasteiger partial charge in [-0.15, -0.1) is 0 Å². The van der Waals surface area contributed by atoms with Crippen molar-refractivity contribution in [1.82, 2.24) is 15.1 Å². The molecule has 122 valence electrons. The summed E-state index contributed by atoms with van der Waals surface area (Å²) in [6.45, 7) is 10.9. The standard InChI is InChI=1S/C17H27N3O2/c1-2-16(15-20-8-11-21-12-9-20)14-17(3-1)22-13-10-19-6-4-18-5-7-19/h1-3,14,18H,4-13,15H2. The van der Waals surface area contributed by atoms with Crippen molar-refractivity contribution in [2.75, 3.05) is 65.6 Å². The second-order valence-electron chi connectivity index (χ2n) is 5.98. The zero-order chi connectivity index (χ0) is 15.0. The van der Waals surface area contributed by atoms with Crippen LogP contribution in [-0.4, -0.2) is 75.4 Å². The van der Waals surface area contributed by atoms with E-state index in [1.54, 1.807) is 0 Å². The maximum atomic E-state index is 5.93. The molecule has 0 bridgehead atoms. The van der Waals surface area contributed by atoms with E-state index >= 15 is 0 Å². The lowest BCUT2D eigenvalue weighted by Gasteiger charge is -2.27. The van der Waals surface area contributed by atoms with Crippen molar-refractivity contribution in [1.29, 1.82) is 0 Å². The summed E-state index contributed by atoms with van der Waals surface area (Å²) in [6.07, 6.45) is 0. The Bertz CT molecular complexity index is 443. The number of piperazine rings is 1. The first-order valence-corrected chi connectivity index (χ1v) is 8.35. The van der Waals surface area contributed by atoms with Gasteiger partial charge < -0.3 is 14.8 Å². The highest BCUT2D eigenvalue weighted by Crippen LogP contribution is 2.15. The average Bonchev–Trinajstić information content (AvgIpc) is 2.57. The Hall–Kier alpha value is -1.14. The van der Waals surface area contributed by atoms with E-state index in [1.807, 2.05) is 0 Å².